The van der Waals surface area contributed by atoms with Crippen molar-refractivity contribution in [1.82, 2.24) is 5.32 Å². The molecule has 0 aliphatic heterocycles. The predicted molar refractivity (Wildman–Crippen MR) is 81.3 cm³/mol. The van der Waals surface area contributed by atoms with Gasteiger partial charge in [-0.15, -0.1) is 0 Å². The minimum atomic E-state index is -3.49. The maximum absolute atomic E-state index is 11.9. The average Bonchev–Trinajstić information content (AvgIpc) is 2.35. The molecular weight excluding hydrogens is 276 g/mol. The van der Waals surface area contributed by atoms with Crippen LogP contribution < -0.4 is 9.62 Å². The lowest BCUT2D eigenvalue weighted by Crippen LogP contribution is -2.40. The zero-order chi connectivity index (χ0) is 15.2. The van der Waals surface area contributed by atoms with Gasteiger partial charge < -0.3 is 5.32 Å². The summed E-state index contributed by atoms with van der Waals surface area (Å²) >= 11 is 0. The van der Waals surface area contributed by atoms with Gasteiger partial charge in [-0.3, -0.25) is 9.10 Å². The highest BCUT2D eigenvalue weighted by Crippen LogP contribution is 2.18. The Kier molecular flexibility index (Phi) is 6.01. The number of aryl methyl sites for hydroxylation is 1. The Balaban J connectivity index is 2.84. The fourth-order valence-electron chi connectivity index (χ4n) is 1.77. The van der Waals surface area contributed by atoms with Gasteiger partial charge in [-0.1, -0.05) is 25.5 Å². The lowest BCUT2D eigenvalue weighted by molar-refractivity contribution is -0.119. The normalized spacial score (nSPS) is 11.2. The van der Waals surface area contributed by atoms with Crippen molar-refractivity contribution in [1.29, 1.82) is 0 Å². The van der Waals surface area contributed by atoms with Crippen molar-refractivity contribution in [3.05, 3.63) is 29.8 Å². The molecule has 0 radical (unpaired) electrons. The van der Waals surface area contributed by atoms with Crippen molar-refractivity contribution >= 4 is 21.6 Å². The van der Waals surface area contributed by atoms with Crippen LogP contribution in [0.15, 0.2) is 24.3 Å². The first kappa shape index (κ1) is 16.5. The highest BCUT2D eigenvalue weighted by atomic mass is 32.2. The molecule has 1 rings (SSSR count). The van der Waals surface area contributed by atoms with Crippen molar-refractivity contribution in [2.24, 2.45) is 0 Å². The van der Waals surface area contributed by atoms with Crippen molar-refractivity contribution in [3.8, 4) is 0 Å². The van der Waals surface area contributed by atoms with Crippen LogP contribution in [0.25, 0.3) is 0 Å². The molecule has 1 amide bonds. The SMILES string of the molecule is CCCCNC(=O)CN(c1cccc(C)c1)S(C)(=O)=O. The molecule has 1 aromatic rings. The average molecular weight is 298 g/mol. The Hall–Kier alpha value is -1.56. The van der Waals surface area contributed by atoms with Crippen LogP contribution >= 0.6 is 0 Å². The zero-order valence-corrected chi connectivity index (χ0v) is 13.0. The summed E-state index contributed by atoms with van der Waals surface area (Å²) in [6.07, 6.45) is 2.97. The Morgan fingerprint density at radius 3 is 2.60 bits per heavy atom. The zero-order valence-electron chi connectivity index (χ0n) is 12.2. The van der Waals surface area contributed by atoms with Crippen molar-refractivity contribution < 1.29 is 13.2 Å². The van der Waals surface area contributed by atoms with Gasteiger partial charge >= 0.3 is 0 Å². The Morgan fingerprint density at radius 1 is 1.35 bits per heavy atom. The number of nitrogens with zero attached hydrogens (tertiary/aromatic N) is 1. The lowest BCUT2D eigenvalue weighted by Gasteiger charge is -2.22. The Bertz CT molecular complexity index is 555. The van der Waals surface area contributed by atoms with Crippen LogP contribution in [0.5, 0.6) is 0 Å². The standard InChI is InChI=1S/C14H22N2O3S/c1-4-5-9-15-14(17)11-16(20(3,18)19)13-8-6-7-12(2)10-13/h6-8,10H,4-5,9,11H2,1-3H3,(H,15,17). The first-order valence-corrected chi connectivity index (χ1v) is 8.50. The smallest absolute Gasteiger partial charge is 0.240 e. The van der Waals surface area contributed by atoms with Crippen LogP contribution in [0, 0.1) is 6.92 Å². The third-order valence-corrected chi connectivity index (χ3v) is 3.97. The number of benzene rings is 1. The van der Waals surface area contributed by atoms with Gasteiger partial charge in [-0.25, -0.2) is 8.42 Å². The van der Waals surface area contributed by atoms with Crippen molar-refractivity contribution in [2.45, 2.75) is 26.7 Å². The van der Waals surface area contributed by atoms with E-state index in [0.29, 0.717) is 12.2 Å². The molecule has 6 heteroatoms. The maximum atomic E-state index is 11.9. The van der Waals surface area contributed by atoms with Crippen molar-refractivity contribution in [3.63, 3.8) is 0 Å². The minimum Gasteiger partial charge on any atom is -0.355 e. The van der Waals surface area contributed by atoms with Gasteiger partial charge in [0.25, 0.3) is 0 Å². The topological polar surface area (TPSA) is 66.5 Å². The van der Waals surface area contributed by atoms with E-state index in [4.69, 9.17) is 0 Å². The summed E-state index contributed by atoms with van der Waals surface area (Å²) in [5.41, 5.74) is 1.46. The Labute approximate surface area is 121 Å². The number of carbonyl (C=O) groups excluding carboxylic acids is 1. The molecule has 0 saturated carbocycles. The fraction of sp³-hybridized carbons (Fsp3) is 0.500. The van der Waals surface area contributed by atoms with E-state index in [1.807, 2.05) is 19.9 Å². The third kappa shape index (κ3) is 5.21. The molecule has 0 aliphatic carbocycles. The monoisotopic (exact) mass is 298 g/mol. The van der Waals surface area contributed by atoms with Gasteiger partial charge in [0.15, 0.2) is 0 Å². The summed E-state index contributed by atoms with van der Waals surface area (Å²) in [4.78, 5) is 11.8. The number of amides is 1. The molecule has 1 aromatic carbocycles. The number of nitrogens with one attached hydrogen (secondary N) is 1. The molecule has 20 heavy (non-hydrogen) atoms. The number of sulfonamides is 1. The van der Waals surface area contributed by atoms with Crippen LogP contribution in [0.1, 0.15) is 25.3 Å². The second kappa shape index (κ2) is 7.28. The molecule has 0 heterocycles. The summed E-state index contributed by atoms with van der Waals surface area (Å²) in [7, 11) is -3.49. The predicted octanol–water partition coefficient (Wildman–Crippen LogP) is 1.68. The molecule has 0 aliphatic rings. The molecule has 0 spiro atoms. The number of anilines is 1. The molecule has 0 bridgehead atoms. The molecule has 0 fully saturated rings. The highest BCUT2D eigenvalue weighted by molar-refractivity contribution is 7.92. The van der Waals surface area contributed by atoms with Gasteiger partial charge in [0.2, 0.25) is 15.9 Å². The Morgan fingerprint density at radius 2 is 2.05 bits per heavy atom. The molecule has 0 aromatic heterocycles. The summed E-state index contributed by atoms with van der Waals surface area (Å²) in [5.74, 6) is -0.287. The van der Waals surface area contributed by atoms with Gasteiger partial charge in [0, 0.05) is 6.54 Å². The maximum Gasteiger partial charge on any atom is 0.240 e. The largest absolute Gasteiger partial charge is 0.355 e. The third-order valence-electron chi connectivity index (χ3n) is 2.83. The van der Waals surface area contributed by atoms with Crippen LogP contribution in [-0.4, -0.2) is 33.7 Å². The van der Waals surface area contributed by atoms with E-state index in [1.165, 1.54) is 0 Å². The number of hydrogen-bond donors (Lipinski definition) is 1. The van der Waals surface area contributed by atoms with Gasteiger partial charge in [-0.05, 0) is 31.0 Å². The molecule has 1 N–H and O–H groups in total. The minimum absolute atomic E-state index is 0.188. The van der Waals surface area contributed by atoms with Gasteiger partial charge in [-0.2, -0.15) is 0 Å². The first-order valence-electron chi connectivity index (χ1n) is 6.65. The summed E-state index contributed by atoms with van der Waals surface area (Å²) in [6, 6.07) is 7.09. The van der Waals surface area contributed by atoms with Crippen LogP contribution in [0.3, 0.4) is 0 Å². The van der Waals surface area contributed by atoms with E-state index in [1.54, 1.807) is 18.2 Å². The van der Waals surface area contributed by atoms with E-state index in [-0.39, 0.29) is 12.5 Å². The second-order valence-corrected chi connectivity index (χ2v) is 6.72. The van der Waals surface area contributed by atoms with E-state index in [2.05, 4.69) is 5.32 Å². The van der Waals surface area contributed by atoms with E-state index in [0.717, 1.165) is 29.0 Å². The van der Waals surface area contributed by atoms with Gasteiger partial charge in [0.05, 0.1) is 11.9 Å². The quantitative estimate of drug-likeness (QED) is 0.779. The molecule has 112 valence electrons. The molecule has 0 unspecified atom stereocenters. The summed E-state index contributed by atoms with van der Waals surface area (Å²) < 4.78 is 24.8. The summed E-state index contributed by atoms with van der Waals surface area (Å²) in [5, 5.41) is 2.73. The highest BCUT2D eigenvalue weighted by Gasteiger charge is 2.20. The van der Waals surface area contributed by atoms with Crippen LogP contribution in [0.2, 0.25) is 0 Å². The summed E-state index contributed by atoms with van der Waals surface area (Å²) in [6.45, 7) is 4.29. The molecule has 0 atom stereocenters. The van der Waals surface area contributed by atoms with Crippen LogP contribution in [0.4, 0.5) is 5.69 Å². The number of hydrogen-bond acceptors (Lipinski definition) is 3. The van der Waals surface area contributed by atoms with E-state index < -0.39 is 10.0 Å². The molecular formula is C14H22N2O3S. The van der Waals surface area contributed by atoms with Crippen LogP contribution in [-0.2, 0) is 14.8 Å². The van der Waals surface area contributed by atoms with E-state index in [9.17, 15) is 13.2 Å². The van der Waals surface area contributed by atoms with Gasteiger partial charge in [0.1, 0.15) is 6.54 Å². The number of rotatable bonds is 7. The van der Waals surface area contributed by atoms with Crippen molar-refractivity contribution in [2.75, 3.05) is 23.7 Å². The fourth-order valence-corrected chi connectivity index (χ4v) is 2.62. The molecule has 0 saturated heterocycles. The molecule has 5 nitrogen and oxygen atoms in total. The number of carbonyl (C=O) groups is 1. The first-order chi connectivity index (χ1) is 9.34. The van der Waals surface area contributed by atoms with E-state index >= 15 is 0 Å². The second-order valence-electron chi connectivity index (χ2n) is 4.81. The number of unbranched alkanes of at least 4 members (excludes halogenated alkanes) is 1. The lowest BCUT2D eigenvalue weighted by atomic mass is 10.2.